The van der Waals surface area contributed by atoms with E-state index < -0.39 is 0 Å². The molecule has 1 saturated heterocycles. The Morgan fingerprint density at radius 1 is 1.23 bits per heavy atom. The van der Waals surface area contributed by atoms with Crippen molar-refractivity contribution in [3.8, 4) is 5.88 Å². The number of benzene rings is 1. The van der Waals surface area contributed by atoms with Crippen LogP contribution in [0.3, 0.4) is 0 Å². The lowest BCUT2D eigenvalue weighted by atomic mass is 10.2. The van der Waals surface area contributed by atoms with Crippen LogP contribution in [0, 0.1) is 6.92 Å². The van der Waals surface area contributed by atoms with E-state index in [4.69, 9.17) is 14.2 Å². The first-order valence-corrected chi connectivity index (χ1v) is 10.6. The Hall–Kier alpha value is -2.68. The fraction of sp³-hybridized carbons (Fsp3) is 0.478. The number of nitrogens with one attached hydrogen (secondary N) is 1. The molecule has 1 N–H and O–H groups in total. The topological polar surface area (TPSA) is 71.5 Å². The van der Waals surface area contributed by atoms with Gasteiger partial charge in [0.05, 0.1) is 26.0 Å². The Morgan fingerprint density at radius 3 is 2.84 bits per heavy atom. The molecule has 0 aliphatic carbocycles. The molecule has 8 nitrogen and oxygen atoms in total. The number of hydrogen-bond donors (Lipinski definition) is 1. The molecule has 0 saturated carbocycles. The normalized spacial score (nSPS) is 14.7. The van der Waals surface area contributed by atoms with Crippen LogP contribution in [0.2, 0.25) is 0 Å². The lowest BCUT2D eigenvalue weighted by molar-refractivity contribution is 0.0320. The van der Waals surface area contributed by atoms with E-state index >= 15 is 0 Å². The van der Waals surface area contributed by atoms with Gasteiger partial charge in [-0.15, -0.1) is 0 Å². The fourth-order valence-corrected chi connectivity index (χ4v) is 3.23. The van der Waals surface area contributed by atoms with Gasteiger partial charge < -0.3 is 19.1 Å². The molecule has 0 spiro atoms. The van der Waals surface area contributed by atoms with Gasteiger partial charge >= 0.3 is 0 Å². The van der Waals surface area contributed by atoms with E-state index in [0.29, 0.717) is 24.9 Å². The maximum Gasteiger partial charge on any atom is 0.217 e. The second-order valence-corrected chi connectivity index (χ2v) is 7.55. The van der Waals surface area contributed by atoms with Gasteiger partial charge in [-0.05, 0) is 12.5 Å². The van der Waals surface area contributed by atoms with Crippen molar-refractivity contribution in [2.24, 2.45) is 5.10 Å². The highest BCUT2D eigenvalue weighted by Gasteiger charge is 2.11. The quantitative estimate of drug-likeness (QED) is 0.437. The van der Waals surface area contributed by atoms with E-state index in [9.17, 15) is 0 Å². The van der Waals surface area contributed by atoms with Crippen molar-refractivity contribution in [2.45, 2.75) is 6.92 Å². The monoisotopic (exact) mass is 427 g/mol. The van der Waals surface area contributed by atoms with Crippen molar-refractivity contribution >= 4 is 17.7 Å². The first-order valence-electron chi connectivity index (χ1n) is 10.6. The average Bonchev–Trinajstić information content (AvgIpc) is 2.78. The molecular formula is C23H33N5O3. The number of hydrazone groups is 1. The number of pyridine rings is 1. The minimum Gasteiger partial charge on any atom is -0.476 e. The summed E-state index contributed by atoms with van der Waals surface area (Å²) < 4.78 is 16.6. The number of nitrogens with zero attached hydrogens (tertiary/aromatic N) is 4. The highest BCUT2D eigenvalue weighted by Crippen LogP contribution is 2.23. The molecule has 0 radical (unpaired) electrons. The van der Waals surface area contributed by atoms with Crippen LogP contribution in [0.25, 0.3) is 0 Å². The SMILES string of the molecule is COCCN(C)c1cc(N/N=C/c2cccc(C)c2)nc(OCCN2CCOCC2)c1. The van der Waals surface area contributed by atoms with Crippen molar-refractivity contribution in [1.82, 2.24) is 9.88 Å². The van der Waals surface area contributed by atoms with Crippen molar-refractivity contribution in [3.05, 3.63) is 47.5 Å². The fourth-order valence-electron chi connectivity index (χ4n) is 3.23. The highest BCUT2D eigenvalue weighted by atomic mass is 16.5. The van der Waals surface area contributed by atoms with Crippen molar-refractivity contribution in [3.63, 3.8) is 0 Å². The Balaban J connectivity index is 1.66. The second kappa shape index (κ2) is 12.2. The highest BCUT2D eigenvalue weighted by molar-refractivity contribution is 5.80. The minimum atomic E-state index is 0.572. The zero-order valence-electron chi connectivity index (χ0n) is 18.7. The van der Waals surface area contributed by atoms with Crippen LogP contribution < -0.4 is 15.1 Å². The van der Waals surface area contributed by atoms with Gasteiger partial charge in [0.1, 0.15) is 6.61 Å². The Kier molecular flexibility index (Phi) is 9.08. The summed E-state index contributed by atoms with van der Waals surface area (Å²) >= 11 is 0. The molecule has 31 heavy (non-hydrogen) atoms. The van der Waals surface area contributed by atoms with Gasteiger partial charge in [0, 0.05) is 58.2 Å². The molecule has 168 valence electrons. The molecule has 0 amide bonds. The molecule has 1 aliphatic rings. The molecule has 2 aromatic rings. The number of ether oxygens (including phenoxy) is 3. The first kappa shape index (κ1) is 23.0. The van der Waals surface area contributed by atoms with E-state index in [0.717, 1.165) is 50.6 Å². The van der Waals surface area contributed by atoms with Gasteiger partial charge in [0.15, 0.2) is 5.82 Å². The lowest BCUT2D eigenvalue weighted by Crippen LogP contribution is -2.38. The molecule has 0 atom stereocenters. The maximum atomic E-state index is 5.98. The molecule has 0 unspecified atom stereocenters. The largest absolute Gasteiger partial charge is 0.476 e. The number of morpholine rings is 1. The summed E-state index contributed by atoms with van der Waals surface area (Å²) in [5.74, 6) is 1.20. The van der Waals surface area contributed by atoms with Gasteiger partial charge in [-0.2, -0.15) is 10.1 Å². The van der Waals surface area contributed by atoms with E-state index in [1.54, 1.807) is 13.3 Å². The molecule has 1 aliphatic heterocycles. The standard InChI is InChI=1S/C23H33N5O3/c1-19-5-4-6-20(15-19)18-24-26-22-16-21(27(2)7-11-29-3)17-23(25-22)31-14-10-28-8-12-30-13-9-28/h4-6,15-18H,7-14H2,1-3H3,(H,25,26)/b24-18+. The number of aromatic nitrogens is 1. The number of anilines is 2. The Bertz CT molecular complexity index is 840. The summed E-state index contributed by atoms with van der Waals surface area (Å²) in [7, 11) is 3.72. The molecule has 2 heterocycles. The molecule has 1 aromatic heterocycles. The minimum absolute atomic E-state index is 0.572. The maximum absolute atomic E-state index is 5.98. The van der Waals surface area contributed by atoms with Crippen LogP contribution in [0.5, 0.6) is 5.88 Å². The van der Waals surface area contributed by atoms with Gasteiger partial charge in [-0.3, -0.25) is 10.3 Å². The van der Waals surface area contributed by atoms with E-state index in [-0.39, 0.29) is 0 Å². The molecule has 3 rings (SSSR count). The van der Waals surface area contributed by atoms with Crippen LogP contribution >= 0.6 is 0 Å². The van der Waals surface area contributed by atoms with Crippen LogP contribution in [-0.2, 0) is 9.47 Å². The van der Waals surface area contributed by atoms with Crippen LogP contribution in [0.1, 0.15) is 11.1 Å². The number of rotatable bonds is 11. The zero-order chi connectivity index (χ0) is 21.9. The summed E-state index contributed by atoms with van der Waals surface area (Å²) in [6.07, 6.45) is 1.79. The Labute approximate surface area is 184 Å². The second-order valence-electron chi connectivity index (χ2n) is 7.55. The summed E-state index contributed by atoms with van der Waals surface area (Å²) in [5.41, 5.74) is 6.25. The van der Waals surface area contributed by atoms with Crippen molar-refractivity contribution in [1.29, 1.82) is 0 Å². The first-order chi connectivity index (χ1) is 15.1. The third-order valence-electron chi connectivity index (χ3n) is 5.05. The van der Waals surface area contributed by atoms with Crippen LogP contribution in [-0.4, -0.2) is 82.9 Å². The van der Waals surface area contributed by atoms with Gasteiger partial charge in [-0.1, -0.05) is 29.8 Å². The van der Waals surface area contributed by atoms with E-state index in [1.165, 1.54) is 5.56 Å². The van der Waals surface area contributed by atoms with E-state index in [1.807, 2.05) is 31.3 Å². The number of hydrogen-bond acceptors (Lipinski definition) is 8. The van der Waals surface area contributed by atoms with Gasteiger partial charge in [0.2, 0.25) is 5.88 Å². The molecule has 8 heteroatoms. The average molecular weight is 428 g/mol. The summed E-state index contributed by atoms with van der Waals surface area (Å²) in [6, 6.07) is 12.1. The van der Waals surface area contributed by atoms with Crippen molar-refractivity contribution < 1.29 is 14.2 Å². The number of likely N-dealkylation sites (N-methyl/N-ethyl adjacent to an activating group) is 1. The van der Waals surface area contributed by atoms with Crippen LogP contribution in [0.15, 0.2) is 41.5 Å². The molecule has 0 bridgehead atoms. The third kappa shape index (κ3) is 7.82. The lowest BCUT2D eigenvalue weighted by Gasteiger charge is -2.26. The zero-order valence-corrected chi connectivity index (χ0v) is 18.7. The summed E-state index contributed by atoms with van der Waals surface area (Å²) in [6.45, 7) is 8.34. The van der Waals surface area contributed by atoms with Crippen LogP contribution in [0.4, 0.5) is 11.5 Å². The predicted molar refractivity (Wildman–Crippen MR) is 125 cm³/mol. The van der Waals surface area contributed by atoms with Gasteiger partial charge in [-0.25, -0.2) is 0 Å². The van der Waals surface area contributed by atoms with Gasteiger partial charge in [0.25, 0.3) is 0 Å². The summed E-state index contributed by atoms with van der Waals surface area (Å²) in [5, 5.41) is 4.35. The Morgan fingerprint density at radius 2 is 2.06 bits per heavy atom. The summed E-state index contributed by atoms with van der Waals surface area (Å²) in [4.78, 5) is 9.02. The number of methoxy groups -OCH3 is 1. The number of aryl methyl sites for hydroxylation is 1. The molecule has 1 fully saturated rings. The molecular weight excluding hydrogens is 394 g/mol. The van der Waals surface area contributed by atoms with E-state index in [2.05, 4.69) is 44.4 Å². The smallest absolute Gasteiger partial charge is 0.217 e. The predicted octanol–water partition coefficient (Wildman–Crippen LogP) is 2.63. The van der Waals surface area contributed by atoms with Crippen molar-refractivity contribution in [2.75, 3.05) is 77.1 Å². The third-order valence-corrected chi connectivity index (χ3v) is 5.05. The molecule has 1 aromatic carbocycles.